The third-order valence-electron chi connectivity index (χ3n) is 6.17. The number of amides is 1. The number of fused-ring (bicyclic) bond motifs is 1. The normalized spacial score (nSPS) is 28.5. The number of Topliss-reactive ketones (excluding diaryl/α,β-unsaturated/α-hetero) is 1. The van der Waals surface area contributed by atoms with Crippen LogP contribution in [0.25, 0.3) is 0 Å². The van der Waals surface area contributed by atoms with Crippen molar-refractivity contribution in [2.24, 2.45) is 5.92 Å². The second-order valence-electron chi connectivity index (χ2n) is 8.05. The molecule has 3 aliphatic rings. The Balaban J connectivity index is 1.66. The zero-order valence-electron chi connectivity index (χ0n) is 16.5. The van der Waals surface area contributed by atoms with Gasteiger partial charge in [-0.2, -0.15) is 0 Å². The minimum Gasteiger partial charge on any atom is -0.483 e. The molecule has 156 valence electrons. The first kappa shape index (κ1) is 20.2. The molecule has 1 amide bonds. The Hall–Kier alpha value is -1.70. The van der Waals surface area contributed by atoms with E-state index in [9.17, 15) is 9.59 Å². The number of nitrogens with zero attached hydrogens (tertiary/aromatic N) is 2. The second kappa shape index (κ2) is 7.46. The van der Waals surface area contributed by atoms with Gasteiger partial charge in [0, 0.05) is 14.7 Å². The van der Waals surface area contributed by atoms with Gasteiger partial charge in [-0.15, -0.1) is 22.9 Å². The van der Waals surface area contributed by atoms with Crippen molar-refractivity contribution in [3.8, 4) is 0 Å². The third-order valence-corrected chi connectivity index (χ3v) is 8.13. The summed E-state index contributed by atoms with van der Waals surface area (Å²) in [6.45, 7) is 3.91. The fourth-order valence-corrected chi connectivity index (χ4v) is 6.24. The Labute approximate surface area is 192 Å². The quantitative estimate of drug-likeness (QED) is 0.522. The molecule has 0 bridgehead atoms. The van der Waals surface area contributed by atoms with E-state index >= 15 is 0 Å². The molecule has 5 nitrogen and oxygen atoms in total. The van der Waals surface area contributed by atoms with Crippen LogP contribution in [0.15, 0.2) is 40.1 Å². The predicted octanol–water partition coefficient (Wildman–Crippen LogP) is 5.24. The van der Waals surface area contributed by atoms with Crippen LogP contribution < -0.4 is 4.90 Å². The maximum absolute atomic E-state index is 13.6. The Bertz CT molecular complexity index is 1080. The minimum atomic E-state index is -0.556. The Morgan fingerprint density at radius 1 is 1.27 bits per heavy atom. The van der Waals surface area contributed by atoms with Gasteiger partial charge < -0.3 is 4.74 Å². The summed E-state index contributed by atoms with van der Waals surface area (Å²) in [6, 6.07) is 7.15. The molecule has 3 heterocycles. The van der Waals surface area contributed by atoms with Gasteiger partial charge in [-0.1, -0.05) is 28.1 Å². The van der Waals surface area contributed by atoms with Crippen molar-refractivity contribution in [2.45, 2.75) is 50.6 Å². The van der Waals surface area contributed by atoms with Crippen molar-refractivity contribution < 1.29 is 14.3 Å². The molecule has 2 aromatic rings. The van der Waals surface area contributed by atoms with Crippen molar-refractivity contribution in [3.05, 3.63) is 56.2 Å². The summed E-state index contributed by atoms with van der Waals surface area (Å²) in [5, 5.41) is 0.548. The number of ether oxygens (including phenoxy) is 1. The molecule has 0 N–H and O–H groups in total. The molecule has 2 aliphatic heterocycles. The monoisotopic (exact) mass is 506 g/mol. The highest BCUT2D eigenvalue weighted by atomic mass is 79.9. The molecule has 4 atom stereocenters. The smallest absolute Gasteiger partial charge is 0.296 e. The first-order chi connectivity index (χ1) is 14.3. The van der Waals surface area contributed by atoms with Gasteiger partial charge in [-0.25, -0.2) is 4.98 Å². The molecule has 0 spiro atoms. The van der Waals surface area contributed by atoms with Crippen molar-refractivity contribution in [3.63, 3.8) is 0 Å². The highest BCUT2D eigenvalue weighted by Crippen LogP contribution is 2.49. The van der Waals surface area contributed by atoms with Crippen LogP contribution in [0.2, 0.25) is 0 Å². The van der Waals surface area contributed by atoms with Crippen LogP contribution >= 0.6 is 38.9 Å². The molecule has 0 saturated heterocycles. The number of alkyl halides is 1. The molecular formula is C22H20BrClN2O3S. The molecule has 30 heavy (non-hydrogen) atoms. The highest BCUT2D eigenvalue weighted by Gasteiger charge is 2.53. The predicted molar refractivity (Wildman–Crippen MR) is 120 cm³/mol. The molecule has 5 rings (SSSR count). The second-order valence-corrected chi connectivity index (χ2v) is 10.8. The SMILES string of the molecule is Cc1nc(N2C(=O)C3=C(C(=O)C4CC(Cl)CCC4O3)C2c2cccc(Br)c2)sc1C. The number of halogens is 2. The summed E-state index contributed by atoms with van der Waals surface area (Å²) in [4.78, 5) is 34.5. The zero-order chi connectivity index (χ0) is 21.2. The number of aryl methyl sites for hydroxylation is 2. The third kappa shape index (κ3) is 3.13. The van der Waals surface area contributed by atoms with E-state index in [2.05, 4.69) is 20.9 Å². The zero-order valence-corrected chi connectivity index (χ0v) is 19.7. The van der Waals surface area contributed by atoms with Crippen LogP contribution in [-0.4, -0.2) is 28.2 Å². The maximum atomic E-state index is 13.6. The van der Waals surface area contributed by atoms with Gasteiger partial charge in [0.25, 0.3) is 5.91 Å². The van der Waals surface area contributed by atoms with E-state index in [1.54, 1.807) is 4.90 Å². The average Bonchev–Trinajstić information content (AvgIpc) is 3.19. The summed E-state index contributed by atoms with van der Waals surface area (Å²) in [5.74, 6) is -0.423. The van der Waals surface area contributed by atoms with Gasteiger partial charge in [-0.3, -0.25) is 14.5 Å². The summed E-state index contributed by atoms with van der Waals surface area (Å²) >= 11 is 11.4. The topological polar surface area (TPSA) is 59.5 Å². The molecule has 0 radical (unpaired) electrons. The lowest BCUT2D eigenvalue weighted by Gasteiger charge is -2.37. The van der Waals surface area contributed by atoms with Gasteiger partial charge in [0.05, 0.1) is 23.2 Å². The average molecular weight is 508 g/mol. The molecule has 1 aromatic heterocycles. The first-order valence-corrected chi connectivity index (χ1v) is 12.0. The van der Waals surface area contributed by atoms with E-state index < -0.39 is 6.04 Å². The van der Waals surface area contributed by atoms with E-state index in [-0.39, 0.29) is 34.8 Å². The Kier molecular flexibility index (Phi) is 5.03. The van der Waals surface area contributed by atoms with Gasteiger partial charge in [0.1, 0.15) is 6.10 Å². The van der Waals surface area contributed by atoms with Crippen LogP contribution in [0.5, 0.6) is 0 Å². The fourth-order valence-electron chi connectivity index (χ4n) is 4.56. The molecule has 1 saturated carbocycles. The lowest BCUT2D eigenvalue weighted by atomic mass is 9.77. The summed E-state index contributed by atoms with van der Waals surface area (Å²) in [5.41, 5.74) is 2.17. The Morgan fingerprint density at radius 3 is 2.77 bits per heavy atom. The molecule has 1 fully saturated rings. The number of ketones is 1. The molecule has 1 aliphatic carbocycles. The van der Waals surface area contributed by atoms with E-state index in [0.29, 0.717) is 23.5 Å². The summed E-state index contributed by atoms with van der Waals surface area (Å²) < 4.78 is 7.07. The van der Waals surface area contributed by atoms with Crippen molar-refractivity contribution >= 4 is 55.7 Å². The molecular weight excluding hydrogens is 488 g/mol. The van der Waals surface area contributed by atoms with Crippen LogP contribution in [0.1, 0.15) is 41.4 Å². The highest BCUT2D eigenvalue weighted by molar-refractivity contribution is 9.10. The van der Waals surface area contributed by atoms with Crippen molar-refractivity contribution in [1.29, 1.82) is 0 Å². The number of anilines is 1. The van der Waals surface area contributed by atoms with Crippen LogP contribution in [0.4, 0.5) is 5.13 Å². The van der Waals surface area contributed by atoms with Crippen LogP contribution in [0, 0.1) is 19.8 Å². The number of thiazole rings is 1. The van der Waals surface area contributed by atoms with E-state index in [4.69, 9.17) is 16.3 Å². The number of aromatic nitrogens is 1. The van der Waals surface area contributed by atoms with Gasteiger partial charge in [0.15, 0.2) is 16.7 Å². The maximum Gasteiger partial charge on any atom is 0.296 e. The standard InChI is InChI=1S/C22H20BrClN2O3S/c1-10-11(2)30-22(25-10)26-18(12-4-3-5-13(23)8-12)17-19(27)15-9-14(24)6-7-16(15)29-20(17)21(26)28/h3-5,8,14-16,18H,6-7,9H2,1-2H3. The number of hydrogen-bond donors (Lipinski definition) is 0. The minimum absolute atomic E-state index is 0.0163. The van der Waals surface area contributed by atoms with E-state index in [1.807, 2.05) is 38.1 Å². The lowest BCUT2D eigenvalue weighted by molar-refractivity contribution is -0.131. The van der Waals surface area contributed by atoms with Crippen LogP contribution in [-0.2, 0) is 14.3 Å². The summed E-state index contributed by atoms with van der Waals surface area (Å²) in [6.07, 6.45) is 1.77. The van der Waals surface area contributed by atoms with Gasteiger partial charge >= 0.3 is 0 Å². The number of carbonyl (C=O) groups is 2. The van der Waals surface area contributed by atoms with Crippen LogP contribution in [0.3, 0.4) is 0 Å². The number of carbonyl (C=O) groups excluding carboxylic acids is 2. The van der Waals surface area contributed by atoms with Crippen molar-refractivity contribution in [2.75, 3.05) is 4.90 Å². The molecule has 4 unspecified atom stereocenters. The fraction of sp³-hybridized carbons (Fsp3) is 0.409. The molecule has 1 aromatic carbocycles. The largest absolute Gasteiger partial charge is 0.483 e. The number of benzene rings is 1. The lowest BCUT2D eigenvalue weighted by Crippen LogP contribution is -2.41. The van der Waals surface area contributed by atoms with E-state index in [0.717, 1.165) is 27.0 Å². The number of hydrogen-bond acceptors (Lipinski definition) is 5. The van der Waals surface area contributed by atoms with Gasteiger partial charge in [0.2, 0.25) is 0 Å². The number of rotatable bonds is 2. The molecule has 8 heteroatoms. The first-order valence-electron chi connectivity index (χ1n) is 9.97. The Morgan fingerprint density at radius 2 is 2.07 bits per heavy atom. The van der Waals surface area contributed by atoms with Crippen molar-refractivity contribution in [1.82, 2.24) is 4.98 Å². The van der Waals surface area contributed by atoms with E-state index in [1.165, 1.54) is 11.3 Å². The summed E-state index contributed by atoms with van der Waals surface area (Å²) in [7, 11) is 0. The van der Waals surface area contributed by atoms with Gasteiger partial charge in [-0.05, 0) is 50.8 Å².